The van der Waals surface area contributed by atoms with Crippen molar-refractivity contribution in [2.45, 2.75) is 32.2 Å². The summed E-state index contributed by atoms with van der Waals surface area (Å²) >= 11 is 0. The van der Waals surface area contributed by atoms with E-state index in [9.17, 15) is 14.7 Å². The molecule has 0 spiro atoms. The van der Waals surface area contributed by atoms with E-state index in [0.717, 1.165) is 38.0 Å². The number of carbonyl (C=O) groups excluding carboxylic acids is 2. The van der Waals surface area contributed by atoms with Gasteiger partial charge in [-0.05, 0) is 38.4 Å². The van der Waals surface area contributed by atoms with Crippen molar-refractivity contribution in [3.63, 3.8) is 0 Å². The quantitative estimate of drug-likeness (QED) is 0.698. The predicted octanol–water partition coefficient (Wildman–Crippen LogP) is 1.40. The lowest BCUT2D eigenvalue weighted by Gasteiger charge is -2.34. The summed E-state index contributed by atoms with van der Waals surface area (Å²) in [5.41, 5.74) is 1.34. The lowest BCUT2D eigenvalue weighted by atomic mass is 10.0. The molecule has 27 heavy (non-hydrogen) atoms. The molecule has 0 saturated carbocycles. The number of rotatable bonds is 6. The molecule has 1 atom stereocenters. The molecule has 8 heteroatoms. The molecule has 0 aliphatic carbocycles. The van der Waals surface area contributed by atoms with Crippen molar-refractivity contribution < 1.29 is 19.4 Å². The molecule has 2 aliphatic rings. The molecule has 1 aromatic carbocycles. The molecule has 148 valence electrons. The third kappa shape index (κ3) is 4.70. The zero-order valence-electron chi connectivity index (χ0n) is 15.7. The van der Waals surface area contributed by atoms with Crippen molar-refractivity contribution >= 4 is 23.3 Å². The van der Waals surface area contributed by atoms with Gasteiger partial charge in [-0.15, -0.1) is 0 Å². The molecule has 3 amide bonds. The molecule has 3 N–H and O–H groups in total. The molecule has 1 fully saturated rings. The maximum atomic E-state index is 12.2. The fourth-order valence-corrected chi connectivity index (χ4v) is 3.68. The Balaban J connectivity index is 1.50. The number of aliphatic hydroxyl groups excluding tert-OH is 1. The molecule has 2 heterocycles. The number of urea groups is 1. The summed E-state index contributed by atoms with van der Waals surface area (Å²) in [7, 11) is 0. The van der Waals surface area contributed by atoms with E-state index in [1.165, 1.54) is 0 Å². The van der Waals surface area contributed by atoms with Crippen LogP contribution in [0.15, 0.2) is 18.2 Å². The number of amides is 3. The maximum Gasteiger partial charge on any atom is 0.319 e. The van der Waals surface area contributed by atoms with Gasteiger partial charge in [0.25, 0.3) is 5.91 Å². The minimum absolute atomic E-state index is 0.0123. The summed E-state index contributed by atoms with van der Waals surface area (Å²) in [5.74, 6) is 0.524. The fraction of sp³-hybridized carbons (Fsp3) is 0.579. The zero-order valence-corrected chi connectivity index (χ0v) is 15.7. The van der Waals surface area contributed by atoms with E-state index in [4.69, 9.17) is 4.74 Å². The van der Waals surface area contributed by atoms with Gasteiger partial charge in [0.15, 0.2) is 6.61 Å². The van der Waals surface area contributed by atoms with E-state index in [-0.39, 0.29) is 31.2 Å². The number of carbonyl (C=O) groups is 2. The van der Waals surface area contributed by atoms with Gasteiger partial charge in [0.05, 0.1) is 12.3 Å². The van der Waals surface area contributed by atoms with Gasteiger partial charge < -0.3 is 25.4 Å². The summed E-state index contributed by atoms with van der Waals surface area (Å²) in [6.07, 6.45) is 3.29. The minimum atomic E-state index is -0.285. The highest BCUT2D eigenvalue weighted by molar-refractivity contribution is 5.98. The zero-order chi connectivity index (χ0) is 19.2. The molecule has 0 aromatic heterocycles. The number of nitrogens with one attached hydrogen (secondary N) is 2. The van der Waals surface area contributed by atoms with Crippen LogP contribution in [0.2, 0.25) is 0 Å². The third-order valence-electron chi connectivity index (χ3n) is 5.12. The molecule has 8 nitrogen and oxygen atoms in total. The first-order valence-corrected chi connectivity index (χ1v) is 9.59. The Bertz CT molecular complexity index is 682. The third-order valence-corrected chi connectivity index (χ3v) is 5.12. The van der Waals surface area contributed by atoms with Gasteiger partial charge in [0.1, 0.15) is 5.75 Å². The van der Waals surface area contributed by atoms with Gasteiger partial charge in [-0.3, -0.25) is 9.69 Å². The number of likely N-dealkylation sites (tertiary alicyclic amines) is 1. The molecular formula is C19H28N4O4. The predicted molar refractivity (Wildman–Crippen MR) is 103 cm³/mol. The van der Waals surface area contributed by atoms with Crippen LogP contribution in [0, 0.1) is 0 Å². The Morgan fingerprint density at radius 3 is 3.00 bits per heavy atom. The Kier molecular flexibility index (Phi) is 6.52. The molecule has 2 aliphatic heterocycles. The fourth-order valence-electron chi connectivity index (χ4n) is 3.68. The number of aliphatic hydroxyl groups is 1. The number of hydrogen-bond donors (Lipinski definition) is 3. The monoisotopic (exact) mass is 376 g/mol. The van der Waals surface area contributed by atoms with E-state index >= 15 is 0 Å². The Hall–Kier alpha value is -2.32. The van der Waals surface area contributed by atoms with Crippen molar-refractivity contribution in [2.24, 2.45) is 0 Å². The molecule has 0 bridgehead atoms. The van der Waals surface area contributed by atoms with E-state index in [0.29, 0.717) is 24.5 Å². The average molecular weight is 376 g/mol. The Morgan fingerprint density at radius 1 is 1.37 bits per heavy atom. The standard InChI is InChI=1S/C19H28N4O4/c1-2-23-16-7-6-14(11-17(16)27-13-18(23)25)21-19(26)20-8-10-22-9-4-3-5-15(22)12-24/h6-7,11,15,24H,2-5,8-10,12-13H2,1H3,(H2,20,21,26)/t15-/m1/s1. The second kappa shape index (κ2) is 9.05. The summed E-state index contributed by atoms with van der Waals surface area (Å²) in [4.78, 5) is 27.9. The summed E-state index contributed by atoms with van der Waals surface area (Å²) in [6, 6.07) is 5.19. The lowest BCUT2D eigenvalue weighted by molar-refractivity contribution is -0.121. The number of nitrogens with zero attached hydrogens (tertiary/aromatic N) is 2. The van der Waals surface area contributed by atoms with Crippen LogP contribution >= 0.6 is 0 Å². The van der Waals surface area contributed by atoms with E-state index in [1.807, 2.05) is 6.92 Å². The smallest absolute Gasteiger partial charge is 0.319 e. The lowest BCUT2D eigenvalue weighted by Crippen LogP contribution is -2.46. The van der Waals surface area contributed by atoms with Crippen LogP contribution in [0.3, 0.4) is 0 Å². The van der Waals surface area contributed by atoms with Crippen LogP contribution in [0.1, 0.15) is 26.2 Å². The first-order valence-electron chi connectivity index (χ1n) is 9.59. The second-order valence-corrected chi connectivity index (χ2v) is 6.86. The normalized spacial score (nSPS) is 20.0. The van der Waals surface area contributed by atoms with Crippen molar-refractivity contribution in [2.75, 3.05) is 49.6 Å². The molecular weight excluding hydrogens is 348 g/mol. The number of fused-ring (bicyclic) bond motifs is 1. The molecule has 0 radical (unpaired) electrons. The van der Waals surface area contributed by atoms with Crippen molar-refractivity contribution in [3.8, 4) is 5.75 Å². The maximum absolute atomic E-state index is 12.2. The van der Waals surface area contributed by atoms with Crippen molar-refractivity contribution in [3.05, 3.63) is 18.2 Å². The molecule has 0 unspecified atom stereocenters. The number of ether oxygens (including phenoxy) is 1. The van der Waals surface area contributed by atoms with Gasteiger partial charge >= 0.3 is 6.03 Å². The first kappa shape index (κ1) is 19.4. The Labute approximate surface area is 159 Å². The highest BCUT2D eigenvalue weighted by atomic mass is 16.5. The number of likely N-dealkylation sites (N-methyl/N-ethyl adjacent to an activating group) is 1. The first-order chi connectivity index (χ1) is 13.1. The van der Waals surface area contributed by atoms with Crippen LogP contribution in [0.25, 0.3) is 0 Å². The van der Waals surface area contributed by atoms with Crippen LogP contribution in [-0.4, -0.2) is 67.4 Å². The van der Waals surface area contributed by atoms with Crippen molar-refractivity contribution in [1.29, 1.82) is 0 Å². The van der Waals surface area contributed by atoms with Crippen molar-refractivity contribution in [1.82, 2.24) is 10.2 Å². The van der Waals surface area contributed by atoms with Gasteiger partial charge in [-0.1, -0.05) is 6.42 Å². The van der Waals surface area contributed by atoms with Crippen LogP contribution in [0.5, 0.6) is 5.75 Å². The van der Waals surface area contributed by atoms with Crippen LogP contribution < -0.4 is 20.3 Å². The van der Waals surface area contributed by atoms with Gasteiger partial charge in [0.2, 0.25) is 0 Å². The molecule has 3 rings (SSSR count). The topological polar surface area (TPSA) is 94.1 Å². The number of anilines is 2. The summed E-state index contributed by atoms with van der Waals surface area (Å²) < 4.78 is 5.48. The van der Waals surface area contributed by atoms with Gasteiger partial charge in [-0.2, -0.15) is 0 Å². The van der Waals surface area contributed by atoms with E-state index in [1.54, 1.807) is 23.1 Å². The minimum Gasteiger partial charge on any atom is -0.481 e. The van der Waals surface area contributed by atoms with E-state index in [2.05, 4.69) is 15.5 Å². The number of piperidine rings is 1. The summed E-state index contributed by atoms with van der Waals surface area (Å²) in [5, 5.41) is 15.1. The molecule has 1 aromatic rings. The average Bonchev–Trinajstić information content (AvgIpc) is 2.68. The SMILES string of the molecule is CCN1C(=O)COc2cc(NC(=O)NCCN3CCCC[C@@H]3CO)ccc21. The number of benzene rings is 1. The highest BCUT2D eigenvalue weighted by Crippen LogP contribution is 2.34. The number of hydrogen-bond acceptors (Lipinski definition) is 5. The largest absolute Gasteiger partial charge is 0.481 e. The molecule has 1 saturated heterocycles. The van der Waals surface area contributed by atoms with Gasteiger partial charge in [0, 0.05) is 37.4 Å². The van der Waals surface area contributed by atoms with E-state index < -0.39 is 0 Å². The van der Waals surface area contributed by atoms with Crippen LogP contribution in [0.4, 0.5) is 16.2 Å². The van der Waals surface area contributed by atoms with Crippen LogP contribution in [-0.2, 0) is 4.79 Å². The van der Waals surface area contributed by atoms with Gasteiger partial charge in [-0.25, -0.2) is 4.79 Å². The second-order valence-electron chi connectivity index (χ2n) is 6.86. The summed E-state index contributed by atoms with van der Waals surface area (Å²) in [6.45, 7) is 4.87. The Morgan fingerprint density at radius 2 is 2.22 bits per heavy atom. The highest BCUT2D eigenvalue weighted by Gasteiger charge is 2.24.